The lowest BCUT2D eigenvalue weighted by molar-refractivity contribution is 0.150. The third-order valence-electron chi connectivity index (χ3n) is 3.04. The van der Waals surface area contributed by atoms with E-state index in [1.807, 2.05) is 13.1 Å². The van der Waals surface area contributed by atoms with E-state index in [0.717, 1.165) is 25.0 Å². The Morgan fingerprint density at radius 2 is 2.17 bits per heavy atom. The van der Waals surface area contributed by atoms with Crippen LogP contribution < -0.4 is 5.32 Å². The normalized spacial score (nSPS) is 14.5. The molecule has 0 heterocycles. The molecule has 0 saturated heterocycles. The quantitative estimate of drug-likeness (QED) is 0.823. The summed E-state index contributed by atoms with van der Waals surface area (Å²) in [5.74, 6) is 0.105. The first kappa shape index (κ1) is 15.4. The average molecular weight is 274 g/mol. The fraction of sp³-hybridized carbons (Fsp3) is 0.571. The highest BCUT2D eigenvalue weighted by atomic mass is 35.5. The van der Waals surface area contributed by atoms with Gasteiger partial charge in [0.2, 0.25) is 0 Å². The van der Waals surface area contributed by atoms with Gasteiger partial charge in [-0.1, -0.05) is 30.7 Å². The van der Waals surface area contributed by atoms with Crippen LogP contribution in [-0.2, 0) is 11.2 Å². The van der Waals surface area contributed by atoms with Crippen molar-refractivity contribution in [3.63, 3.8) is 0 Å². The van der Waals surface area contributed by atoms with Crippen molar-refractivity contribution in [1.29, 1.82) is 0 Å². The fourth-order valence-corrected chi connectivity index (χ4v) is 2.32. The number of halogens is 2. The van der Waals surface area contributed by atoms with Crippen molar-refractivity contribution in [1.82, 2.24) is 5.32 Å². The predicted molar refractivity (Wildman–Crippen MR) is 73.6 cm³/mol. The molecule has 0 aromatic heterocycles. The molecule has 18 heavy (non-hydrogen) atoms. The second-order valence-corrected chi connectivity index (χ2v) is 5.08. The summed E-state index contributed by atoms with van der Waals surface area (Å²) in [7, 11) is 3.62. The van der Waals surface area contributed by atoms with Crippen LogP contribution in [0.5, 0.6) is 0 Å². The van der Waals surface area contributed by atoms with Gasteiger partial charge < -0.3 is 10.1 Å². The summed E-state index contributed by atoms with van der Waals surface area (Å²) < 4.78 is 18.5. The number of ether oxygens (including phenoxy) is 1. The number of benzene rings is 1. The molecule has 2 nitrogen and oxygen atoms in total. The van der Waals surface area contributed by atoms with Crippen molar-refractivity contribution in [3.8, 4) is 0 Å². The van der Waals surface area contributed by atoms with Gasteiger partial charge in [0.25, 0.3) is 0 Å². The van der Waals surface area contributed by atoms with Crippen LogP contribution in [0.25, 0.3) is 0 Å². The molecule has 4 heteroatoms. The topological polar surface area (TPSA) is 21.3 Å². The molecule has 0 radical (unpaired) electrons. The Hall–Kier alpha value is -0.640. The Bertz CT molecular complexity index is 373. The van der Waals surface area contributed by atoms with Gasteiger partial charge in [-0.05, 0) is 37.4 Å². The molecule has 1 aromatic carbocycles. The molecule has 0 fully saturated rings. The van der Waals surface area contributed by atoms with Gasteiger partial charge in [-0.3, -0.25) is 0 Å². The summed E-state index contributed by atoms with van der Waals surface area (Å²) in [5.41, 5.74) is 0.848. The molecule has 2 atom stereocenters. The summed E-state index contributed by atoms with van der Waals surface area (Å²) in [5, 5.41) is 3.48. The Labute approximate surface area is 113 Å². The molecule has 0 saturated carbocycles. The van der Waals surface area contributed by atoms with Crippen LogP contribution in [0.15, 0.2) is 18.2 Å². The number of hydrogen-bond donors (Lipinski definition) is 1. The highest BCUT2D eigenvalue weighted by molar-refractivity contribution is 6.31. The van der Waals surface area contributed by atoms with Crippen LogP contribution in [0.3, 0.4) is 0 Å². The third kappa shape index (κ3) is 4.56. The van der Waals surface area contributed by atoms with Crippen LogP contribution in [0, 0.1) is 11.7 Å². The van der Waals surface area contributed by atoms with Gasteiger partial charge in [0, 0.05) is 19.8 Å². The molecular formula is C14H21ClFNO. The van der Waals surface area contributed by atoms with Crippen LogP contribution in [0.4, 0.5) is 4.39 Å². The Balaban J connectivity index is 2.65. The summed E-state index contributed by atoms with van der Waals surface area (Å²) in [6, 6.07) is 5.22. The molecule has 0 amide bonds. The van der Waals surface area contributed by atoms with Crippen molar-refractivity contribution in [2.45, 2.75) is 25.8 Å². The van der Waals surface area contributed by atoms with Gasteiger partial charge in [-0.15, -0.1) is 0 Å². The molecule has 1 N–H and O–H groups in total. The van der Waals surface area contributed by atoms with Gasteiger partial charge in [0.05, 0.1) is 5.02 Å². The Kier molecular flexibility index (Phi) is 6.61. The SMILES string of the molecule is CNC(Cc1cccc(F)c1Cl)CC(C)COC. The van der Waals surface area contributed by atoms with E-state index in [9.17, 15) is 4.39 Å². The lowest BCUT2D eigenvalue weighted by Crippen LogP contribution is -2.30. The highest BCUT2D eigenvalue weighted by Crippen LogP contribution is 2.22. The van der Waals surface area contributed by atoms with Gasteiger partial charge in [0.1, 0.15) is 5.82 Å². The maximum absolute atomic E-state index is 13.3. The van der Waals surface area contributed by atoms with E-state index in [1.54, 1.807) is 13.2 Å². The molecule has 1 rings (SSSR count). The molecule has 102 valence electrons. The smallest absolute Gasteiger partial charge is 0.142 e. The number of nitrogens with one attached hydrogen (secondary N) is 1. The number of hydrogen-bond acceptors (Lipinski definition) is 2. The minimum absolute atomic E-state index is 0.233. The van der Waals surface area contributed by atoms with Crippen molar-refractivity contribution in [2.24, 2.45) is 5.92 Å². The maximum Gasteiger partial charge on any atom is 0.142 e. The Morgan fingerprint density at radius 3 is 2.78 bits per heavy atom. The summed E-state index contributed by atoms with van der Waals surface area (Å²) >= 11 is 5.96. The standard InChI is InChI=1S/C14H21ClFNO/c1-10(9-18-3)7-12(17-2)8-11-5-4-6-13(16)14(11)15/h4-6,10,12,17H,7-9H2,1-3H3. The van der Waals surface area contributed by atoms with Crippen molar-refractivity contribution >= 4 is 11.6 Å². The zero-order valence-corrected chi connectivity index (χ0v) is 11.9. The number of likely N-dealkylation sites (N-methyl/N-ethyl adjacent to an activating group) is 1. The van der Waals surface area contributed by atoms with Gasteiger partial charge in [0.15, 0.2) is 0 Å². The number of methoxy groups -OCH3 is 1. The summed E-state index contributed by atoms with van der Waals surface area (Å²) in [4.78, 5) is 0. The molecule has 2 unspecified atom stereocenters. The first-order valence-corrected chi connectivity index (χ1v) is 6.55. The Morgan fingerprint density at radius 1 is 1.44 bits per heavy atom. The summed E-state index contributed by atoms with van der Waals surface area (Å²) in [6.07, 6.45) is 1.69. The second kappa shape index (κ2) is 7.72. The molecule has 0 bridgehead atoms. The molecule has 0 aliphatic carbocycles. The van der Waals surface area contributed by atoms with Crippen LogP contribution in [0.1, 0.15) is 18.9 Å². The fourth-order valence-electron chi connectivity index (χ4n) is 2.11. The maximum atomic E-state index is 13.3. The van der Waals surface area contributed by atoms with Gasteiger partial charge in [-0.25, -0.2) is 4.39 Å². The molecule has 0 aliphatic heterocycles. The molecular weight excluding hydrogens is 253 g/mol. The molecule has 0 aliphatic rings. The number of rotatable bonds is 7. The van der Waals surface area contributed by atoms with Crippen LogP contribution in [-0.4, -0.2) is 26.8 Å². The van der Waals surface area contributed by atoms with Crippen molar-refractivity contribution in [2.75, 3.05) is 20.8 Å². The van der Waals surface area contributed by atoms with Crippen molar-refractivity contribution < 1.29 is 9.13 Å². The van der Waals surface area contributed by atoms with Crippen molar-refractivity contribution in [3.05, 3.63) is 34.6 Å². The van der Waals surface area contributed by atoms with E-state index in [4.69, 9.17) is 16.3 Å². The molecule has 0 spiro atoms. The van der Waals surface area contributed by atoms with E-state index >= 15 is 0 Å². The second-order valence-electron chi connectivity index (χ2n) is 4.70. The first-order chi connectivity index (χ1) is 8.58. The monoisotopic (exact) mass is 273 g/mol. The van der Waals surface area contributed by atoms with Crippen LogP contribution >= 0.6 is 11.6 Å². The minimum atomic E-state index is -0.353. The molecule has 1 aromatic rings. The van der Waals surface area contributed by atoms with E-state index in [2.05, 4.69) is 12.2 Å². The first-order valence-electron chi connectivity index (χ1n) is 6.17. The minimum Gasteiger partial charge on any atom is -0.384 e. The average Bonchev–Trinajstić information content (AvgIpc) is 2.34. The largest absolute Gasteiger partial charge is 0.384 e. The zero-order valence-electron chi connectivity index (χ0n) is 11.2. The van der Waals surface area contributed by atoms with E-state index in [0.29, 0.717) is 5.92 Å². The third-order valence-corrected chi connectivity index (χ3v) is 3.47. The van der Waals surface area contributed by atoms with Gasteiger partial charge in [-0.2, -0.15) is 0 Å². The van der Waals surface area contributed by atoms with E-state index in [-0.39, 0.29) is 16.9 Å². The summed E-state index contributed by atoms with van der Waals surface area (Å²) in [6.45, 7) is 2.87. The van der Waals surface area contributed by atoms with Crippen LogP contribution in [0.2, 0.25) is 5.02 Å². The van der Waals surface area contributed by atoms with E-state index in [1.165, 1.54) is 6.07 Å². The zero-order chi connectivity index (χ0) is 13.5. The predicted octanol–water partition coefficient (Wildman–Crippen LogP) is 3.28. The lowest BCUT2D eigenvalue weighted by atomic mass is 9.96. The lowest BCUT2D eigenvalue weighted by Gasteiger charge is -2.20. The van der Waals surface area contributed by atoms with Gasteiger partial charge >= 0.3 is 0 Å². The van der Waals surface area contributed by atoms with E-state index < -0.39 is 0 Å². The highest BCUT2D eigenvalue weighted by Gasteiger charge is 2.15.